The van der Waals surface area contributed by atoms with E-state index < -0.39 is 5.97 Å². The number of carbonyl (C=O) groups is 1. The highest BCUT2D eigenvalue weighted by molar-refractivity contribution is 7.13. The van der Waals surface area contributed by atoms with Crippen LogP contribution < -0.4 is 0 Å². The van der Waals surface area contributed by atoms with Gasteiger partial charge in [0.05, 0.1) is 6.57 Å². The molecule has 1 aromatic heterocycles. The number of aliphatic carboxylic acids is 1. The monoisotopic (exact) mass is 235 g/mol. The van der Waals surface area contributed by atoms with Crippen LogP contribution in [0.2, 0.25) is 0 Å². The fourth-order valence-electron chi connectivity index (χ4n) is 1.11. The third kappa shape index (κ3) is 2.94. The maximum Gasteiger partial charge on any atom is 0.333 e. The lowest BCUT2D eigenvalue weighted by atomic mass is 9.95. The van der Waals surface area contributed by atoms with Crippen LogP contribution in [0, 0.1) is 6.57 Å². The van der Waals surface area contributed by atoms with Crippen molar-refractivity contribution >= 4 is 23.4 Å². The Morgan fingerprint density at radius 1 is 1.50 bits per heavy atom. The van der Waals surface area contributed by atoms with E-state index in [1.54, 1.807) is 0 Å². The summed E-state index contributed by atoms with van der Waals surface area (Å²) in [6.45, 7) is 13.0. The standard InChI is InChI=1S/C12H13NO2S/c1-12(2,3)10-6-5-8(16-10)7-9(13-4)11(14)15/h5-7H,1-3H3,(H,14,15)/b9-7-. The molecule has 0 fully saturated rings. The first-order valence-electron chi connectivity index (χ1n) is 4.77. The van der Waals surface area contributed by atoms with Gasteiger partial charge in [0.2, 0.25) is 0 Å². The van der Waals surface area contributed by atoms with Crippen molar-refractivity contribution in [3.05, 3.63) is 39.0 Å². The van der Waals surface area contributed by atoms with Gasteiger partial charge in [0.1, 0.15) is 0 Å². The van der Waals surface area contributed by atoms with Gasteiger partial charge < -0.3 is 5.11 Å². The van der Waals surface area contributed by atoms with Gasteiger partial charge in [-0.15, -0.1) is 11.3 Å². The number of hydrogen-bond donors (Lipinski definition) is 1. The summed E-state index contributed by atoms with van der Waals surface area (Å²) in [6.07, 6.45) is 1.41. The van der Waals surface area contributed by atoms with E-state index in [1.165, 1.54) is 22.3 Å². The highest BCUT2D eigenvalue weighted by Crippen LogP contribution is 2.30. The molecule has 84 valence electrons. The van der Waals surface area contributed by atoms with Crippen molar-refractivity contribution in [2.45, 2.75) is 26.2 Å². The van der Waals surface area contributed by atoms with Gasteiger partial charge in [0.15, 0.2) is 0 Å². The van der Waals surface area contributed by atoms with E-state index in [4.69, 9.17) is 11.7 Å². The Bertz CT molecular complexity index is 472. The molecule has 1 aromatic rings. The first-order chi connectivity index (χ1) is 7.34. The predicted octanol–water partition coefficient (Wildman–Crippen LogP) is 3.39. The molecule has 0 aliphatic rings. The molecular weight excluding hydrogens is 222 g/mol. The van der Waals surface area contributed by atoms with Gasteiger partial charge in [-0.2, -0.15) is 0 Å². The second-order valence-corrected chi connectivity index (χ2v) is 5.51. The first-order valence-corrected chi connectivity index (χ1v) is 5.59. The fourth-order valence-corrected chi connectivity index (χ4v) is 2.11. The predicted molar refractivity (Wildman–Crippen MR) is 65.2 cm³/mol. The average molecular weight is 235 g/mol. The molecule has 0 amide bonds. The first kappa shape index (κ1) is 12.5. The highest BCUT2D eigenvalue weighted by atomic mass is 32.1. The third-order valence-electron chi connectivity index (χ3n) is 1.98. The van der Waals surface area contributed by atoms with Crippen LogP contribution in [0.25, 0.3) is 10.9 Å². The van der Waals surface area contributed by atoms with Gasteiger partial charge in [0, 0.05) is 9.75 Å². The third-order valence-corrected chi connectivity index (χ3v) is 3.44. The minimum atomic E-state index is -1.18. The van der Waals surface area contributed by atoms with Crippen molar-refractivity contribution in [1.82, 2.24) is 0 Å². The van der Waals surface area contributed by atoms with E-state index in [0.29, 0.717) is 0 Å². The molecule has 0 aliphatic carbocycles. The molecule has 4 heteroatoms. The van der Waals surface area contributed by atoms with Crippen molar-refractivity contribution in [3.63, 3.8) is 0 Å². The molecule has 0 spiro atoms. The Kier molecular flexibility index (Phi) is 3.51. The Balaban J connectivity index is 3.05. The zero-order valence-electron chi connectivity index (χ0n) is 9.44. The van der Waals surface area contributed by atoms with E-state index >= 15 is 0 Å². The number of hydrogen-bond acceptors (Lipinski definition) is 2. The molecule has 3 nitrogen and oxygen atoms in total. The number of carboxylic acid groups (broad SMARTS) is 1. The summed E-state index contributed by atoms with van der Waals surface area (Å²) in [5, 5.41) is 8.72. The van der Waals surface area contributed by atoms with Crippen LogP contribution in [0.5, 0.6) is 0 Å². The Morgan fingerprint density at radius 2 is 2.12 bits per heavy atom. The highest BCUT2D eigenvalue weighted by Gasteiger charge is 2.16. The summed E-state index contributed by atoms with van der Waals surface area (Å²) in [5.74, 6) is -1.18. The SMILES string of the molecule is [C-]#[N+]/C(=C\c1ccc(C(C)(C)C)s1)C(=O)O. The number of carboxylic acids is 1. The normalized spacial score (nSPS) is 12.2. The van der Waals surface area contributed by atoms with E-state index in [2.05, 4.69) is 25.6 Å². The summed E-state index contributed by atoms with van der Waals surface area (Å²) in [4.78, 5) is 15.6. The maximum atomic E-state index is 10.7. The van der Waals surface area contributed by atoms with Crippen molar-refractivity contribution in [2.75, 3.05) is 0 Å². The molecule has 0 aliphatic heterocycles. The summed E-state index contributed by atoms with van der Waals surface area (Å²) in [6, 6.07) is 3.82. The van der Waals surface area contributed by atoms with Crippen molar-refractivity contribution in [2.24, 2.45) is 0 Å². The van der Waals surface area contributed by atoms with E-state index in [-0.39, 0.29) is 11.1 Å². The number of nitrogens with zero attached hydrogens (tertiary/aromatic N) is 1. The fraction of sp³-hybridized carbons (Fsp3) is 0.333. The molecule has 16 heavy (non-hydrogen) atoms. The number of thiophene rings is 1. The van der Waals surface area contributed by atoms with E-state index in [9.17, 15) is 4.79 Å². The van der Waals surface area contributed by atoms with Crippen molar-refractivity contribution in [3.8, 4) is 0 Å². The van der Waals surface area contributed by atoms with Gasteiger partial charge in [-0.25, -0.2) is 4.85 Å². The largest absolute Gasteiger partial charge is 0.486 e. The summed E-state index contributed by atoms with van der Waals surface area (Å²) >= 11 is 1.52. The Morgan fingerprint density at radius 3 is 2.50 bits per heavy atom. The minimum absolute atomic E-state index is 0.0538. The van der Waals surface area contributed by atoms with Crippen LogP contribution in [0.3, 0.4) is 0 Å². The zero-order chi connectivity index (χ0) is 12.3. The van der Waals surface area contributed by atoms with Crippen LogP contribution in [0.15, 0.2) is 17.8 Å². The maximum absolute atomic E-state index is 10.7. The molecule has 0 unspecified atom stereocenters. The van der Waals surface area contributed by atoms with Gasteiger partial charge >= 0.3 is 5.97 Å². The summed E-state index contributed by atoms with van der Waals surface area (Å²) in [7, 11) is 0. The molecule has 0 radical (unpaired) electrons. The lowest BCUT2D eigenvalue weighted by Gasteiger charge is -2.15. The Hall–Kier alpha value is -1.60. The molecule has 0 atom stereocenters. The van der Waals surface area contributed by atoms with Gasteiger partial charge in [-0.05, 0) is 23.6 Å². The van der Waals surface area contributed by atoms with Gasteiger partial charge in [0.25, 0.3) is 5.70 Å². The smallest absolute Gasteiger partial charge is 0.333 e. The molecule has 0 aromatic carbocycles. The van der Waals surface area contributed by atoms with Crippen LogP contribution in [0.4, 0.5) is 0 Å². The lowest BCUT2D eigenvalue weighted by molar-refractivity contribution is -0.132. The second-order valence-electron chi connectivity index (χ2n) is 4.40. The van der Waals surface area contributed by atoms with Crippen LogP contribution in [-0.2, 0) is 10.2 Å². The quantitative estimate of drug-likeness (QED) is 0.630. The molecule has 1 heterocycles. The van der Waals surface area contributed by atoms with Crippen molar-refractivity contribution in [1.29, 1.82) is 0 Å². The molecule has 0 bridgehead atoms. The van der Waals surface area contributed by atoms with Crippen LogP contribution >= 0.6 is 11.3 Å². The molecule has 1 rings (SSSR count). The van der Waals surface area contributed by atoms with Crippen molar-refractivity contribution < 1.29 is 9.90 Å². The minimum Gasteiger partial charge on any atom is -0.486 e. The van der Waals surface area contributed by atoms with Gasteiger partial charge in [-0.3, -0.25) is 4.79 Å². The summed E-state index contributed by atoms with van der Waals surface area (Å²) in [5.41, 5.74) is -0.194. The Labute approximate surface area is 98.9 Å². The van der Waals surface area contributed by atoms with E-state index in [0.717, 1.165) is 4.88 Å². The lowest BCUT2D eigenvalue weighted by Crippen LogP contribution is -2.07. The molecule has 1 N–H and O–H groups in total. The zero-order valence-corrected chi connectivity index (χ0v) is 10.3. The molecular formula is C12H13NO2S. The topological polar surface area (TPSA) is 41.7 Å². The average Bonchev–Trinajstić information content (AvgIpc) is 2.61. The van der Waals surface area contributed by atoms with Crippen LogP contribution in [-0.4, -0.2) is 11.1 Å². The summed E-state index contributed by atoms with van der Waals surface area (Å²) < 4.78 is 0. The molecule has 0 saturated carbocycles. The van der Waals surface area contributed by atoms with Crippen LogP contribution in [0.1, 0.15) is 30.5 Å². The second kappa shape index (κ2) is 4.50. The van der Waals surface area contributed by atoms with E-state index in [1.807, 2.05) is 12.1 Å². The van der Waals surface area contributed by atoms with Gasteiger partial charge in [-0.1, -0.05) is 20.8 Å². The molecule has 0 saturated heterocycles. The number of rotatable bonds is 2.